The largest absolute Gasteiger partial charge is 0.511 e. The van der Waals surface area contributed by atoms with Gasteiger partial charge in [-0.25, -0.2) is 13.4 Å². The van der Waals surface area contributed by atoms with Gasteiger partial charge in [0.25, 0.3) is 0 Å². The minimum Gasteiger partial charge on any atom is -0.360 e. The third kappa shape index (κ3) is 5.02. The first-order valence-electron chi connectivity index (χ1n) is 10.3. The second kappa shape index (κ2) is 9.36. The molecule has 0 fully saturated rings. The number of fused-ring (bicyclic) bond motifs is 1. The number of sulfonamides is 1. The quantitative estimate of drug-likeness (QED) is 0.533. The number of aryl methyl sites for hydroxylation is 1. The van der Waals surface area contributed by atoms with Gasteiger partial charge in [0.1, 0.15) is 0 Å². The third-order valence-corrected chi connectivity index (χ3v) is 7.54. The average molecular weight is 499 g/mol. The number of para-hydroxylation sites is 1. The van der Waals surface area contributed by atoms with Crippen LogP contribution in [-0.4, -0.2) is 40.8 Å². The van der Waals surface area contributed by atoms with Crippen LogP contribution < -0.4 is 4.90 Å². The number of aromatic amines is 1. The molecule has 33 heavy (non-hydrogen) atoms. The Labute approximate surface area is 195 Å². The summed E-state index contributed by atoms with van der Waals surface area (Å²) >= 11 is 6.53. The normalized spacial score (nSPS) is 17.6. The van der Waals surface area contributed by atoms with E-state index in [4.69, 9.17) is 11.6 Å². The first-order chi connectivity index (χ1) is 15.7. The number of aromatic nitrogens is 2. The molecule has 1 atom stereocenters. The Morgan fingerprint density at radius 1 is 1.12 bits per heavy atom. The first kappa shape index (κ1) is 23.6. The summed E-state index contributed by atoms with van der Waals surface area (Å²) in [5, 5.41) is 0.350. The zero-order valence-electron chi connectivity index (χ0n) is 17.5. The summed E-state index contributed by atoms with van der Waals surface area (Å²) in [6.07, 6.45) is 4.12. The number of H-pyrrole nitrogens is 1. The van der Waals surface area contributed by atoms with Crippen LogP contribution in [0.25, 0.3) is 0 Å². The van der Waals surface area contributed by atoms with E-state index in [1.165, 1.54) is 6.33 Å². The van der Waals surface area contributed by atoms with Gasteiger partial charge >= 0.3 is 15.5 Å². The van der Waals surface area contributed by atoms with Gasteiger partial charge in [-0.3, -0.25) is 0 Å². The lowest BCUT2D eigenvalue weighted by Crippen LogP contribution is -2.47. The van der Waals surface area contributed by atoms with Crippen molar-refractivity contribution >= 4 is 27.3 Å². The Bertz CT molecular complexity index is 1190. The molecule has 1 N–H and O–H groups in total. The molecule has 4 rings (SSSR count). The van der Waals surface area contributed by atoms with E-state index in [0.29, 0.717) is 33.4 Å². The van der Waals surface area contributed by atoms with E-state index in [9.17, 15) is 21.6 Å². The van der Waals surface area contributed by atoms with Crippen molar-refractivity contribution in [1.29, 1.82) is 0 Å². The van der Waals surface area contributed by atoms with Crippen molar-refractivity contribution in [1.82, 2.24) is 14.3 Å². The van der Waals surface area contributed by atoms with Gasteiger partial charge in [0.05, 0.1) is 29.3 Å². The predicted molar refractivity (Wildman–Crippen MR) is 120 cm³/mol. The van der Waals surface area contributed by atoms with E-state index < -0.39 is 28.1 Å². The van der Waals surface area contributed by atoms with Crippen LogP contribution >= 0.6 is 11.6 Å². The number of anilines is 1. The number of halogens is 4. The number of hydrogen-bond donors (Lipinski definition) is 1. The number of nitrogens with one attached hydrogen (secondary N) is 1. The molecule has 0 aliphatic carbocycles. The van der Waals surface area contributed by atoms with Gasteiger partial charge in [-0.1, -0.05) is 54.1 Å². The van der Waals surface area contributed by atoms with Crippen molar-refractivity contribution in [2.24, 2.45) is 0 Å². The summed E-state index contributed by atoms with van der Waals surface area (Å²) in [7, 11) is -5.54. The van der Waals surface area contributed by atoms with E-state index in [2.05, 4.69) is 9.97 Å². The van der Waals surface area contributed by atoms with E-state index >= 15 is 0 Å². The topological polar surface area (TPSA) is 69.3 Å². The van der Waals surface area contributed by atoms with E-state index in [1.54, 1.807) is 24.4 Å². The van der Waals surface area contributed by atoms with Crippen LogP contribution in [-0.2, 0) is 29.5 Å². The second-order valence-corrected chi connectivity index (χ2v) is 10.2. The molecule has 0 radical (unpaired) electrons. The Morgan fingerprint density at radius 2 is 1.88 bits per heavy atom. The summed E-state index contributed by atoms with van der Waals surface area (Å²) in [4.78, 5) is 8.92. The molecule has 1 unspecified atom stereocenters. The summed E-state index contributed by atoms with van der Waals surface area (Å²) < 4.78 is 65.9. The van der Waals surface area contributed by atoms with Crippen LogP contribution in [0.15, 0.2) is 61.1 Å². The number of rotatable bonds is 6. The van der Waals surface area contributed by atoms with Crippen molar-refractivity contribution in [2.45, 2.75) is 37.5 Å². The molecule has 0 spiro atoms. The highest BCUT2D eigenvalue weighted by Crippen LogP contribution is 2.39. The van der Waals surface area contributed by atoms with Crippen molar-refractivity contribution in [3.63, 3.8) is 0 Å². The zero-order chi connectivity index (χ0) is 23.6. The highest BCUT2D eigenvalue weighted by molar-refractivity contribution is 7.89. The van der Waals surface area contributed by atoms with Gasteiger partial charge < -0.3 is 9.88 Å². The second-order valence-electron chi connectivity index (χ2n) is 7.87. The molecule has 1 aliphatic rings. The van der Waals surface area contributed by atoms with Crippen molar-refractivity contribution in [2.75, 3.05) is 11.4 Å². The Kier molecular flexibility index (Phi) is 6.69. The van der Waals surface area contributed by atoms with Gasteiger partial charge in [0, 0.05) is 25.3 Å². The molecular weight excluding hydrogens is 477 g/mol. The average Bonchev–Trinajstić information content (AvgIpc) is 3.22. The van der Waals surface area contributed by atoms with Crippen LogP contribution in [0, 0.1) is 0 Å². The molecule has 1 aliphatic heterocycles. The molecule has 2 aromatic carbocycles. The van der Waals surface area contributed by atoms with E-state index in [0.717, 1.165) is 11.3 Å². The number of benzene rings is 2. The molecule has 1 aromatic heterocycles. The smallest absolute Gasteiger partial charge is 0.360 e. The summed E-state index contributed by atoms with van der Waals surface area (Å²) in [6, 6.07) is 13.8. The van der Waals surface area contributed by atoms with Gasteiger partial charge in [-0.15, -0.1) is 0 Å². The number of alkyl halides is 3. The van der Waals surface area contributed by atoms with Crippen LogP contribution in [0.1, 0.15) is 23.2 Å². The summed E-state index contributed by atoms with van der Waals surface area (Å²) in [6.45, 7) is -0.455. The number of imidazole rings is 1. The molecule has 2 heterocycles. The lowest BCUT2D eigenvalue weighted by molar-refractivity contribution is -0.0492. The Morgan fingerprint density at radius 3 is 2.55 bits per heavy atom. The molecule has 6 nitrogen and oxygen atoms in total. The highest BCUT2D eigenvalue weighted by atomic mass is 35.5. The summed E-state index contributed by atoms with van der Waals surface area (Å²) in [5.74, 6) is 0. The van der Waals surface area contributed by atoms with Gasteiger partial charge in [0.15, 0.2) is 0 Å². The highest BCUT2D eigenvalue weighted by Gasteiger charge is 2.51. The Hall–Kier alpha value is -2.56. The molecule has 0 amide bonds. The predicted octanol–water partition coefficient (Wildman–Crippen LogP) is 4.74. The van der Waals surface area contributed by atoms with Crippen molar-refractivity contribution in [3.05, 3.63) is 82.9 Å². The maximum atomic E-state index is 13.5. The van der Waals surface area contributed by atoms with Crippen molar-refractivity contribution in [3.8, 4) is 0 Å². The van der Waals surface area contributed by atoms with Gasteiger partial charge in [0.2, 0.25) is 0 Å². The monoisotopic (exact) mass is 498 g/mol. The first-order valence-corrected chi connectivity index (χ1v) is 12.1. The molecule has 176 valence electrons. The fourth-order valence-electron chi connectivity index (χ4n) is 4.10. The molecule has 11 heteroatoms. The van der Waals surface area contributed by atoms with Crippen LogP contribution in [0.3, 0.4) is 0 Å². The van der Waals surface area contributed by atoms with Gasteiger partial charge in [-0.05, 0) is 30.0 Å². The van der Waals surface area contributed by atoms with E-state index in [1.807, 2.05) is 35.2 Å². The number of nitrogens with zero attached hydrogens (tertiary/aromatic N) is 3. The summed E-state index contributed by atoms with van der Waals surface area (Å²) in [5.41, 5.74) is -2.71. The van der Waals surface area contributed by atoms with Crippen LogP contribution in [0.4, 0.5) is 18.9 Å². The van der Waals surface area contributed by atoms with Crippen LogP contribution in [0.5, 0.6) is 0 Å². The zero-order valence-corrected chi connectivity index (χ0v) is 19.0. The fourth-order valence-corrected chi connectivity index (χ4v) is 5.37. The number of hydrogen-bond acceptors (Lipinski definition) is 4. The minimum absolute atomic E-state index is 0.288. The standard InChI is InChI=1S/C22H22ClF3N4O2S/c23-20-8-4-7-17-12-29(33(31,32)22(24,25)26)14-19(10-9-16-5-2-1-3-6-16)30(21(17)20)13-18-11-27-15-28-18/h1-8,11,15,19H,9-10,12-14H2,(H,27,28). The van der Waals surface area contributed by atoms with Crippen molar-refractivity contribution < 1.29 is 21.6 Å². The third-order valence-electron chi connectivity index (χ3n) is 5.70. The SMILES string of the molecule is O=S(=O)(N1Cc2cccc(Cl)c2N(Cc2cnc[nH]2)C(CCc2ccccc2)C1)C(F)(F)F. The maximum absolute atomic E-state index is 13.5. The lowest BCUT2D eigenvalue weighted by Gasteiger charge is -2.34. The van der Waals surface area contributed by atoms with Gasteiger partial charge in [-0.2, -0.15) is 17.5 Å². The van der Waals surface area contributed by atoms with E-state index in [-0.39, 0.29) is 13.1 Å². The Balaban J connectivity index is 1.78. The molecule has 3 aromatic rings. The fraction of sp³-hybridized carbons (Fsp3) is 0.318. The lowest BCUT2D eigenvalue weighted by atomic mass is 10.0. The molecule has 0 bridgehead atoms. The maximum Gasteiger partial charge on any atom is 0.511 e. The minimum atomic E-state index is -5.54. The van der Waals surface area contributed by atoms with Crippen LogP contribution in [0.2, 0.25) is 5.02 Å². The molecular formula is C22H22ClF3N4O2S. The molecule has 0 saturated carbocycles. The molecule has 0 saturated heterocycles.